The second kappa shape index (κ2) is 8.78. The van der Waals surface area contributed by atoms with Crippen LogP contribution in [0.1, 0.15) is 53.4 Å². The van der Waals surface area contributed by atoms with E-state index in [-0.39, 0.29) is 11.9 Å². The van der Waals surface area contributed by atoms with Crippen LogP contribution in [0.2, 0.25) is 0 Å². The molecule has 3 aromatic rings. The number of aromatic amines is 1. The van der Waals surface area contributed by atoms with Gasteiger partial charge in [0.25, 0.3) is 5.91 Å². The van der Waals surface area contributed by atoms with E-state index >= 15 is 0 Å². The molecule has 0 radical (unpaired) electrons. The summed E-state index contributed by atoms with van der Waals surface area (Å²) in [5.74, 6) is 0.665. The van der Waals surface area contributed by atoms with Crippen molar-refractivity contribution in [1.29, 1.82) is 0 Å². The zero-order chi connectivity index (χ0) is 20.1. The van der Waals surface area contributed by atoms with Crippen LogP contribution in [-0.2, 0) is 12.8 Å². The second-order valence-corrected chi connectivity index (χ2v) is 7.24. The third kappa shape index (κ3) is 4.82. The fourth-order valence-corrected chi connectivity index (χ4v) is 3.23. The van der Waals surface area contributed by atoms with Crippen LogP contribution in [0.5, 0.6) is 0 Å². The van der Waals surface area contributed by atoms with Crippen LogP contribution in [0, 0.1) is 13.8 Å². The van der Waals surface area contributed by atoms with Gasteiger partial charge in [-0.15, -0.1) is 0 Å². The van der Waals surface area contributed by atoms with Gasteiger partial charge >= 0.3 is 0 Å². The molecule has 0 aliphatic carbocycles. The Balaban J connectivity index is 1.70. The molecule has 1 aromatic carbocycles. The van der Waals surface area contributed by atoms with E-state index in [2.05, 4.69) is 32.4 Å². The maximum atomic E-state index is 12.6. The van der Waals surface area contributed by atoms with E-state index < -0.39 is 0 Å². The van der Waals surface area contributed by atoms with Gasteiger partial charge in [-0.25, -0.2) is 9.97 Å². The maximum absolute atomic E-state index is 12.6. The van der Waals surface area contributed by atoms with E-state index in [4.69, 9.17) is 0 Å². The molecule has 0 bridgehead atoms. The zero-order valence-corrected chi connectivity index (χ0v) is 16.9. The minimum atomic E-state index is -0.0843. The van der Waals surface area contributed by atoms with Gasteiger partial charge in [-0.1, -0.05) is 25.5 Å². The Morgan fingerprint density at radius 1 is 1.21 bits per heavy atom. The number of amides is 1. The quantitative estimate of drug-likeness (QED) is 0.656. The summed E-state index contributed by atoms with van der Waals surface area (Å²) in [4.78, 5) is 21.5. The molecule has 0 unspecified atom stereocenters. The van der Waals surface area contributed by atoms with Gasteiger partial charge in [0, 0.05) is 35.5 Å². The highest BCUT2D eigenvalue weighted by Crippen LogP contribution is 2.23. The molecular formula is C22H27N5O. The molecule has 0 spiro atoms. The number of rotatable bonds is 7. The molecule has 146 valence electrons. The summed E-state index contributed by atoms with van der Waals surface area (Å²) in [6.45, 7) is 7.98. The van der Waals surface area contributed by atoms with Crippen LogP contribution < -0.4 is 5.32 Å². The van der Waals surface area contributed by atoms with Crippen LogP contribution in [-0.4, -0.2) is 32.1 Å². The molecule has 0 fully saturated rings. The average Bonchev–Trinajstić information content (AvgIpc) is 3.08. The Hall–Kier alpha value is -3.02. The molecule has 6 nitrogen and oxygen atoms in total. The van der Waals surface area contributed by atoms with Crippen molar-refractivity contribution >= 4 is 5.91 Å². The Bertz CT molecular complexity index is 946. The molecule has 28 heavy (non-hydrogen) atoms. The standard InChI is InChI=1S/C22H27N5O/c1-5-6-19-13-23-16(4)25-21(19)17-7-9-18(10-8-17)22(28)24-14(2)11-20-12-15(3)26-27-20/h7-10,12-14H,5-6,11H2,1-4H3,(H,24,28)(H,26,27)/t14-/m1/s1. The normalized spacial score (nSPS) is 12.0. The Morgan fingerprint density at radius 3 is 2.61 bits per heavy atom. The summed E-state index contributed by atoms with van der Waals surface area (Å²) in [5, 5.41) is 10.2. The number of carbonyl (C=O) groups excluding carboxylic acids is 1. The van der Waals surface area contributed by atoms with Gasteiger partial charge in [0.2, 0.25) is 0 Å². The van der Waals surface area contributed by atoms with Gasteiger partial charge in [-0.05, 0) is 51.0 Å². The number of aromatic nitrogens is 4. The number of hydrogen-bond acceptors (Lipinski definition) is 4. The maximum Gasteiger partial charge on any atom is 0.251 e. The number of carbonyl (C=O) groups is 1. The molecule has 2 aromatic heterocycles. The van der Waals surface area contributed by atoms with Crippen molar-refractivity contribution in [3.05, 3.63) is 64.9 Å². The number of hydrogen-bond donors (Lipinski definition) is 2. The Morgan fingerprint density at radius 2 is 1.96 bits per heavy atom. The largest absolute Gasteiger partial charge is 0.349 e. The first-order valence-electron chi connectivity index (χ1n) is 9.71. The number of nitrogens with zero attached hydrogens (tertiary/aromatic N) is 3. The predicted octanol–water partition coefficient (Wildman–Crippen LogP) is 3.80. The van der Waals surface area contributed by atoms with Crippen LogP contribution in [0.15, 0.2) is 36.5 Å². The lowest BCUT2D eigenvalue weighted by Crippen LogP contribution is -2.34. The predicted molar refractivity (Wildman–Crippen MR) is 110 cm³/mol. The topological polar surface area (TPSA) is 83.6 Å². The van der Waals surface area contributed by atoms with E-state index in [0.717, 1.165) is 46.9 Å². The van der Waals surface area contributed by atoms with Gasteiger partial charge in [0.1, 0.15) is 5.82 Å². The van der Waals surface area contributed by atoms with Crippen LogP contribution in [0.3, 0.4) is 0 Å². The molecule has 2 N–H and O–H groups in total. The summed E-state index contributed by atoms with van der Waals surface area (Å²) in [6.07, 6.45) is 4.56. The molecule has 2 heterocycles. The van der Waals surface area contributed by atoms with Crippen molar-refractivity contribution in [2.45, 2.75) is 53.0 Å². The lowest BCUT2D eigenvalue weighted by molar-refractivity contribution is 0.0940. The average molecular weight is 377 g/mol. The monoisotopic (exact) mass is 377 g/mol. The van der Waals surface area contributed by atoms with E-state index in [1.807, 2.05) is 57.3 Å². The zero-order valence-electron chi connectivity index (χ0n) is 16.9. The van der Waals surface area contributed by atoms with Crippen molar-refractivity contribution in [2.24, 2.45) is 0 Å². The number of H-pyrrole nitrogens is 1. The van der Waals surface area contributed by atoms with Crippen molar-refractivity contribution in [1.82, 2.24) is 25.5 Å². The molecule has 6 heteroatoms. The summed E-state index contributed by atoms with van der Waals surface area (Å²) >= 11 is 0. The van der Waals surface area contributed by atoms with Crippen molar-refractivity contribution in [3.63, 3.8) is 0 Å². The summed E-state index contributed by atoms with van der Waals surface area (Å²) in [7, 11) is 0. The Kier molecular flexibility index (Phi) is 6.19. The van der Waals surface area contributed by atoms with Crippen molar-refractivity contribution < 1.29 is 4.79 Å². The molecular weight excluding hydrogens is 350 g/mol. The summed E-state index contributed by atoms with van der Waals surface area (Å²) in [6, 6.07) is 9.60. The lowest BCUT2D eigenvalue weighted by atomic mass is 10.0. The highest BCUT2D eigenvalue weighted by atomic mass is 16.1. The molecule has 0 saturated heterocycles. The van der Waals surface area contributed by atoms with Crippen LogP contribution >= 0.6 is 0 Å². The molecule has 3 rings (SSSR count). The van der Waals surface area contributed by atoms with E-state index in [0.29, 0.717) is 12.0 Å². The number of nitrogens with one attached hydrogen (secondary N) is 2. The summed E-state index contributed by atoms with van der Waals surface area (Å²) in [5.41, 5.74) is 5.69. The molecule has 1 atom stereocenters. The minimum absolute atomic E-state index is 0.00412. The van der Waals surface area contributed by atoms with Gasteiger partial charge in [0.15, 0.2) is 0 Å². The van der Waals surface area contributed by atoms with Crippen molar-refractivity contribution in [3.8, 4) is 11.3 Å². The highest BCUT2D eigenvalue weighted by Gasteiger charge is 2.13. The van der Waals surface area contributed by atoms with Gasteiger partial charge in [-0.2, -0.15) is 5.10 Å². The van der Waals surface area contributed by atoms with Gasteiger partial charge in [-0.3, -0.25) is 9.89 Å². The third-order valence-electron chi connectivity index (χ3n) is 4.58. The van der Waals surface area contributed by atoms with E-state index in [1.54, 1.807) is 0 Å². The summed E-state index contributed by atoms with van der Waals surface area (Å²) < 4.78 is 0. The Labute approximate surface area is 165 Å². The fourth-order valence-electron chi connectivity index (χ4n) is 3.23. The number of benzene rings is 1. The lowest BCUT2D eigenvalue weighted by Gasteiger charge is -2.13. The smallest absolute Gasteiger partial charge is 0.251 e. The molecule has 1 amide bonds. The minimum Gasteiger partial charge on any atom is -0.349 e. The first-order chi connectivity index (χ1) is 13.5. The van der Waals surface area contributed by atoms with E-state index in [1.165, 1.54) is 0 Å². The van der Waals surface area contributed by atoms with Crippen LogP contribution in [0.4, 0.5) is 0 Å². The molecule has 0 aliphatic heterocycles. The first-order valence-corrected chi connectivity index (χ1v) is 9.71. The SMILES string of the molecule is CCCc1cnc(C)nc1-c1ccc(C(=O)N[C@H](C)Cc2cc(C)[nH]n2)cc1. The van der Waals surface area contributed by atoms with Gasteiger partial charge in [0.05, 0.1) is 11.4 Å². The first kappa shape index (κ1) is 19.7. The highest BCUT2D eigenvalue weighted by molar-refractivity contribution is 5.94. The van der Waals surface area contributed by atoms with E-state index in [9.17, 15) is 4.79 Å². The van der Waals surface area contributed by atoms with Gasteiger partial charge < -0.3 is 5.32 Å². The fraction of sp³-hybridized carbons (Fsp3) is 0.364. The van der Waals surface area contributed by atoms with Crippen LogP contribution in [0.25, 0.3) is 11.3 Å². The van der Waals surface area contributed by atoms with Crippen molar-refractivity contribution in [2.75, 3.05) is 0 Å². The second-order valence-electron chi connectivity index (χ2n) is 7.24. The number of aryl methyl sites for hydroxylation is 3. The molecule has 0 aliphatic rings. The molecule has 0 saturated carbocycles. The third-order valence-corrected chi connectivity index (χ3v) is 4.58.